The van der Waals surface area contributed by atoms with E-state index in [4.69, 9.17) is 4.42 Å². The number of allylic oxidation sites excluding steroid dienone is 5. The van der Waals surface area contributed by atoms with Crippen molar-refractivity contribution in [3.8, 4) is 39.7 Å². The molecule has 0 atom stereocenters. The highest BCUT2D eigenvalue weighted by atomic mass is 16.4. The summed E-state index contributed by atoms with van der Waals surface area (Å²) in [7, 11) is 0. The van der Waals surface area contributed by atoms with E-state index in [9.17, 15) is 0 Å². The molecule has 2 aromatic heterocycles. The van der Waals surface area contributed by atoms with Crippen molar-refractivity contribution in [3.05, 3.63) is 227 Å². The van der Waals surface area contributed by atoms with Gasteiger partial charge < -0.3 is 13.9 Å². The molecular formula is C57H40N4O. The SMILES string of the molecule is C1=CC2=C(CC1)c1ccc(N(c3ccc(-c4nnc(-c5ccccc5)o4)cc3)c3ccc(-n4c5c(c6ccccc64)C=CCC5)cc3)cc1C21c2ccccc2-c2ccccc21. The number of para-hydroxylation sites is 1. The molecular weight excluding hydrogens is 757 g/mol. The lowest BCUT2D eigenvalue weighted by atomic mass is 9.69. The topological polar surface area (TPSA) is 47.1 Å². The van der Waals surface area contributed by atoms with Crippen LogP contribution in [0.2, 0.25) is 0 Å². The van der Waals surface area contributed by atoms with Crippen molar-refractivity contribution >= 4 is 39.6 Å². The Kier molecular flexibility index (Phi) is 7.70. The molecule has 2 heterocycles. The van der Waals surface area contributed by atoms with E-state index in [2.05, 4.69) is 183 Å². The predicted molar refractivity (Wildman–Crippen MR) is 251 cm³/mol. The molecule has 0 unspecified atom stereocenters. The molecule has 294 valence electrons. The second-order valence-corrected chi connectivity index (χ2v) is 16.7. The van der Waals surface area contributed by atoms with Crippen molar-refractivity contribution in [1.82, 2.24) is 14.8 Å². The van der Waals surface area contributed by atoms with Crippen LogP contribution < -0.4 is 4.90 Å². The van der Waals surface area contributed by atoms with E-state index in [1.165, 1.54) is 66.7 Å². The largest absolute Gasteiger partial charge is 0.416 e. The van der Waals surface area contributed by atoms with Crippen LogP contribution in [-0.2, 0) is 11.8 Å². The molecule has 7 aromatic carbocycles. The third-order valence-corrected chi connectivity index (χ3v) is 13.6. The number of nitrogens with zero attached hydrogens (tertiary/aromatic N) is 4. The van der Waals surface area contributed by atoms with Gasteiger partial charge >= 0.3 is 0 Å². The van der Waals surface area contributed by atoms with Crippen molar-refractivity contribution in [3.63, 3.8) is 0 Å². The summed E-state index contributed by atoms with van der Waals surface area (Å²) in [5, 5.41) is 10.1. The molecule has 1 spiro atoms. The van der Waals surface area contributed by atoms with E-state index in [1.807, 2.05) is 30.3 Å². The molecule has 5 heteroatoms. The number of benzene rings is 7. The van der Waals surface area contributed by atoms with Gasteiger partial charge in [0.05, 0.1) is 10.9 Å². The molecule has 5 nitrogen and oxygen atoms in total. The van der Waals surface area contributed by atoms with Gasteiger partial charge in [0, 0.05) is 50.5 Å². The summed E-state index contributed by atoms with van der Waals surface area (Å²) >= 11 is 0. The number of anilines is 3. The van der Waals surface area contributed by atoms with Crippen LogP contribution in [0.4, 0.5) is 17.1 Å². The minimum Gasteiger partial charge on any atom is -0.416 e. The van der Waals surface area contributed by atoms with Crippen molar-refractivity contribution < 1.29 is 4.42 Å². The summed E-state index contributed by atoms with van der Waals surface area (Å²) in [5.41, 5.74) is 20.7. The van der Waals surface area contributed by atoms with Crippen molar-refractivity contribution in [2.75, 3.05) is 4.90 Å². The van der Waals surface area contributed by atoms with E-state index < -0.39 is 5.41 Å². The normalized spacial score (nSPS) is 15.1. The van der Waals surface area contributed by atoms with Gasteiger partial charge in [0.2, 0.25) is 11.8 Å². The fourth-order valence-electron chi connectivity index (χ4n) is 11.0. The highest BCUT2D eigenvalue weighted by Gasteiger charge is 2.52. The maximum Gasteiger partial charge on any atom is 0.248 e. The molecule has 0 aliphatic heterocycles. The molecule has 0 N–H and O–H groups in total. The fourth-order valence-corrected chi connectivity index (χ4v) is 11.0. The molecule has 9 aromatic rings. The second kappa shape index (κ2) is 13.6. The predicted octanol–water partition coefficient (Wildman–Crippen LogP) is 14.2. The van der Waals surface area contributed by atoms with Crippen LogP contribution in [0.25, 0.3) is 62.3 Å². The van der Waals surface area contributed by atoms with Crippen LogP contribution in [-0.4, -0.2) is 14.8 Å². The van der Waals surface area contributed by atoms with Gasteiger partial charge in [0.1, 0.15) is 0 Å². The summed E-state index contributed by atoms with van der Waals surface area (Å²) in [4.78, 5) is 2.40. The first-order valence-electron chi connectivity index (χ1n) is 21.7. The number of hydrogen-bond donors (Lipinski definition) is 0. The summed E-state index contributed by atoms with van der Waals surface area (Å²) in [5.74, 6) is 0.999. The summed E-state index contributed by atoms with van der Waals surface area (Å²) < 4.78 is 8.66. The average Bonchev–Trinajstić information content (AvgIpc) is 4.11. The number of hydrogen-bond acceptors (Lipinski definition) is 4. The molecule has 62 heavy (non-hydrogen) atoms. The number of rotatable bonds is 6. The lowest BCUT2D eigenvalue weighted by Crippen LogP contribution is -2.27. The first-order chi connectivity index (χ1) is 30.8. The zero-order valence-corrected chi connectivity index (χ0v) is 34.0. The molecule has 0 amide bonds. The van der Waals surface area contributed by atoms with Gasteiger partial charge in [-0.25, -0.2) is 0 Å². The first-order valence-corrected chi connectivity index (χ1v) is 21.7. The minimum absolute atomic E-state index is 0.401. The van der Waals surface area contributed by atoms with Gasteiger partial charge in [-0.2, -0.15) is 0 Å². The van der Waals surface area contributed by atoms with Gasteiger partial charge in [0.25, 0.3) is 0 Å². The molecule has 4 aliphatic carbocycles. The molecule has 0 fully saturated rings. The minimum atomic E-state index is -0.401. The monoisotopic (exact) mass is 796 g/mol. The van der Waals surface area contributed by atoms with Crippen LogP contribution in [0, 0.1) is 0 Å². The lowest BCUT2D eigenvalue weighted by Gasteiger charge is -2.33. The maximum atomic E-state index is 6.20. The molecule has 0 bridgehead atoms. The Hall–Kier alpha value is -7.76. The van der Waals surface area contributed by atoms with E-state index in [0.717, 1.165) is 59.6 Å². The zero-order valence-electron chi connectivity index (χ0n) is 34.0. The molecule has 4 aliphatic rings. The first kappa shape index (κ1) is 35.0. The van der Waals surface area contributed by atoms with Gasteiger partial charge in [0.15, 0.2) is 0 Å². The van der Waals surface area contributed by atoms with Crippen molar-refractivity contribution in [1.29, 1.82) is 0 Å². The molecule has 0 saturated heterocycles. The standard InChI is InChI=1S/C57H40N4O/c1-2-14-37(15-3-1)55-58-59-56(62-55)38-26-28-39(29-27-38)60(40-30-32-41(33-31-40)61-53-24-12-7-19-47(53)48-20-8-13-25-54(48)61)42-34-35-46-45-18-6-11-23-51(45)57(52(46)36-42)49-21-9-4-16-43(49)44-17-5-10-22-50(44)57/h1-5,7-12,14-17,19-24,26-36H,6,13,18,25H2. The number of fused-ring (bicyclic) bond motifs is 12. The van der Waals surface area contributed by atoms with Crippen LogP contribution in [0.15, 0.2) is 198 Å². The maximum absolute atomic E-state index is 6.20. The summed E-state index contributed by atoms with van der Waals surface area (Å²) in [6.07, 6.45) is 13.6. The Bertz CT molecular complexity index is 3300. The molecule has 0 saturated carbocycles. The Morgan fingerprint density at radius 1 is 0.516 bits per heavy atom. The lowest BCUT2D eigenvalue weighted by molar-refractivity contribution is 0.584. The van der Waals surface area contributed by atoms with Crippen molar-refractivity contribution in [2.45, 2.75) is 31.1 Å². The van der Waals surface area contributed by atoms with Crippen LogP contribution in [0.5, 0.6) is 0 Å². The van der Waals surface area contributed by atoms with E-state index in [-0.39, 0.29) is 0 Å². The Morgan fingerprint density at radius 3 is 1.89 bits per heavy atom. The van der Waals surface area contributed by atoms with E-state index in [1.54, 1.807) is 0 Å². The second-order valence-electron chi connectivity index (χ2n) is 16.7. The third-order valence-electron chi connectivity index (χ3n) is 13.6. The van der Waals surface area contributed by atoms with Crippen LogP contribution in [0.1, 0.15) is 52.8 Å². The quantitative estimate of drug-likeness (QED) is 0.168. The van der Waals surface area contributed by atoms with Gasteiger partial charge in [-0.05, 0) is 149 Å². The Morgan fingerprint density at radius 2 is 1.13 bits per heavy atom. The van der Waals surface area contributed by atoms with Gasteiger partial charge in [-0.15, -0.1) is 10.2 Å². The fraction of sp³-hybridized carbons (Fsp3) is 0.0877. The third kappa shape index (κ3) is 5.02. The zero-order chi connectivity index (χ0) is 40.8. The Labute approximate surface area is 360 Å². The highest BCUT2D eigenvalue weighted by Crippen LogP contribution is 2.64. The van der Waals surface area contributed by atoms with E-state index >= 15 is 0 Å². The van der Waals surface area contributed by atoms with Gasteiger partial charge in [-0.1, -0.05) is 115 Å². The summed E-state index contributed by atoms with van der Waals surface area (Å²) in [6.45, 7) is 0. The highest BCUT2D eigenvalue weighted by molar-refractivity contribution is 5.97. The smallest absolute Gasteiger partial charge is 0.248 e. The van der Waals surface area contributed by atoms with Crippen LogP contribution >= 0.6 is 0 Å². The van der Waals surface area contributed by atoms with E-state index in [0.29, 0.717) is 11.8 Å². The summed E-state index contributed by atoms with van der Waals surface area (Å²) in [6, 6.07) is 61.7. The van der Waals surface area contributed by atoms with Crippen molar-refractivity contribution in [2.24, 2.45) is 0 Å². The number of aromatic nitrogens is 3. The molecule has 13 rings (SSSR count). The van der Waals surface area contributed by atoms with Crippen LogP contribution in [0.3, 0.4) is 0 Å². The Balaban J connectivity index is 0.976. The average molecular weight is 797 g/mol. The molecule has 0 radical (unpaired) electrons. The van der Waals surface area contributed by atoms with Gasteiger partial charge in [-0.3, -0.25) is 0 Å².